The van der Waals surface area contributed by atoms with E-state index in [-0.39, 0.29) is 11.8 Å². The SMILES string of the molecule is COc1ccc(O)cc1C(C)N. The summed E-state index contributed by atoms with van der Waals surface area (Å²) >= 11 is 0. The number of nitrogens with two attached hydrogens (primary N) is 1. The van der Waals surface area contributed by atoms with Crippen LogP contribution in [0.5, 0.6) is 11.5 Å². The molecule has 3 heteroatoms. The van der Waals surface area contributed by atoms with Gasteiger partial charge < -0.3 is 15.6 Å². The van der Waals surface area contributed by atoms with E-state index in [9.17, 15) is 5.11 Å². The van der Waals surface area contributed by atoms with E-state index in [0.717, 1.165) is 5.56 Å². The number of phenolic OH excluding ortho intramolecular Hbond substituents is 1. The van der Waals surface area contributed by atoms with E-state index >= 15 is 0 Å². The van der Waals surface area contributed by atoms with Crippen LogP contribution in [0.3, 0.4) is 0 Å². The maximum atomic E-state index is 9.17. The first-order chi connectivity index (χ1) is 5.65. The molecular weight excluding hydrogens is 154 g/mol. The number of ether oxygens (including phenoxy) is 1. The van der Waals surface area contributed by atoms with Crippen molar-refractivity contribution in [2.75, 3.05) is 7.11 Å². The van der Waals surface area contributed by atoms with Crippen LogP contribution >= 0.6 is 0 Å². The lowest BCUT2D eigenvalue weighted by atomic mass is 10.1. The molecule has 1 aromatic rings. The van der Waals surface area contributed by atoms with Gasteiger partial charge in [0.2, 0.25) is 0 Å². The highest BCUT2D eigenvalue weighted by atomic mass is 16.5. The van der Waals surface area contributed by atoms with E-state index in [4.69, 9.17) is 10.5 Å². The predicted molar refractivity (Wildman–Crippen MR) is 47.3 cm³/mol. The molecule has 0 bridgehead atoms. The van der Waals surface area contributed by atoms with Crippen LogP contribution in [-0.4, -0.2) is 12.2 Å². The quantitative estimate of drug-likeness (QED) is 0.700. The van der Waals surface area contributed by atoms with Gasteiger partial charge in [0.15, 0.2) is 0 Å². The van der Waals surface area contributed by atoms with E-state index in [1.54, 1.807) is 25.3 Å². The first-order valence-corrected chi connectivity index (χ1v) is 3.77. The molecule has 0 radical (unpaired) electrons. The predicted octanol–water partition coefficient (Wildman–Crippen LogP) is 1.42. The van der Waals surface area contributed by atoms with Gasteiger partial charge in [-0.05, 0) is 25.1 Å². The summed E-state index contributed by atoms with van der Waals surface area (Å²) in [5.74, 6) is 0.922. The van der Waals surface area contributed by atoms with Crippen LogP contribution in [0, 0.1) is 0 Å². The molecule has 1 unspecified atom stereocenters. The van der Waals surface area contributed by atoms with E-state index in [1.807, 2.05) is 6.92 Å². The fourth-order valence-electron chi connectivity index (χ4n) is 1.08. The van der Waals surface area contributed by atoms with Crippen LogP contribution in [0.4, 0.5) is 0 Å². The van der Waals surface area contributed by atoms with Crippen LogP contribution in [0.15, 0.2) is 18.2 Å². The molecule has 0 amide bonds. The van der Waals surface area contributed by atoms with Crippen molar-refractivity contribution in [3.63, 3.8) is 0 Å². The molecule has 1 aromatic carbocycles. The number of hydrogen-bond donors (Lipinski definition) is 2. The average molecular weight is 167 g/mol. The highest BCUT2D eigenvalue weighted by Gasteiger charge is 2.07. The molecule has 12 heavy (non-hydrogen) atoms. The molecule has 0 spiro atoms. The van der Waals surface area contributed by atoms with Gasteiger partial charge in [-0.15, -0.1) is 0 Å². The van der Waals surface area contributed by atoms with Gasteiger partial charge in [0.25, 0.3) is 0 Å². The van der Waals surface area contributed by atoms with Gasteiger partial charge in [-0.2, -0.15) is 0 Å². The lowest BCUT2D eigenvalue weighted by Gasteiger charge is -2.11. The molecule has 66 valence electrons. The minimum Gasteiger partial charge on any atom is -0.508 e. The van der Waals surface area contributed by atoms with Gasteiger partial charge in [0, 0.05) is 11.6 Å². The molecule has 0 saturated carbocycles. The maximum absolute atomic E-state index is 9.17. The monoisotopic (exact) mass is 167 g/mol. The third kappa shape index (κ3) is 1.68. The molecule has 0 aliphatic carbocycles. The van der Waals surface area contributed by atoms with Crippen molar-refractivity contribution in [3.05, 3.63) is 23.8 Å². The van der Waals surface area contributed by atoms with Crippen molar-refractivity contribution in [1.29, 1.82) is 0 Å². The molecule has 3 N–H and O–H groups in total. The van der Waals surface area contributed by atoms with Crippen molar-refractivity contribution in [2.45, 2.75) is 13.0 Å². The van der Waals surface area contributed by atoms with Gasteiger partial charge in [-0.1, -0.05) is 0 Å². The van der Waals surface area contributed by atoms with E-state index in [2.05, 4.69) is 0 Å². The van der Waals surface area contributed by atoms with Crippen LogP contribution in [0.25, 0.3) is 0 Å². The van der Waals surface area contributed by atoms with Gasteiger partial charge in [0.05, 0.1) is 7.11 Å². The molecule has 1 atom stereocenters. The molecular formula is C9H13NO2. The van der Waals surface area contributed by atoms with Crippen LogP contribution < -0.4 is 10.5 Å². The second-order valence-electron chi connectivity index (χ2n) is 2.71. The Balaban J connectivity index is 3.12. The average Bonchev–Trinajstić information content (AvgIpc) is 2.04. The summed E-state index contributed by atoms with van der Waals surface area (Å²) in [7, 11) is 1.58. The zero-order valence-corrected chi connectivity index (χ0v) is 7.24. The van der Waals surface area contributed by atoms with Crippen LogP contribution in [0.2, 0.25) is 0 Å². The van der Waals surface area contributed by atoms with Crippen molar-refractivity contribution < 1.29 is 9.84 Å². The Kier molecular flexibility index (Phi) is 2.55. The molecule has 0 aromatic heterocycles. The highest BCUT2D eigenvalue weighted by Crippen LogP contribution is 2.27. The second kappa shape index (κ2) is 3.45. The third-order valence-corrected chi connectivity index (χ3v) is 1.70. The second-order valence-corrected chi connectivity index (χ2v) is 2.71. The first kappa shape index (κ1) is 8.87. The number of methoxy groups -OCH3 is 1. The summed E-state index contributed by atoms with van der Waals surface area (Å²) < 4.78 is 5.07. The van der Waals surface area contributed by atoms with Crippen LogP contribution in [0.1, 0.15) is 18.5 Å². The van der Waals surface area contributed by atoms with Crippen molar-refractivity contribution in [2.24, 2.45) is 5.73 Å². The highest BCUT2D eigenvalue weighted by molar-refractivity contribution is 5.41. The van der Waals surface area contributed by atoms with E-state index in [0.29, 0.717) is 5.75 Å². The summed E-state index contributed by atoms with van der Waals surface area (Å²) in [5, 5.41) is 9.17. The minimum atomic E-state index is -0.132. The Morgan fingerprint density at radius 1 is 1.50 bits per heavy atom. The van der Waals surface area contributed by atoms with Gasteiger partial charge in [-0.25, -0.2) is 0 Å². The Morgan fingerprint density at radius 3 is 2.67 bits per heavy atom. The number of benzene rings is 1. The van der Waals surface area contributed by atoms with E-state index in [1.165, 1.54) is 0 Å². The summed E-state index contributed by atoms with van der Waals surface area (Å²) in [6.07, 6.45) is 0. The lowest BCUT2D eigenvalue weighted by Crippen LogP contribution is -2.06. The molecule has 0 aliphatic rings. The summed E-state index contributed by atoms with van der Waals surface area (Å²) in [4.78, 5) is 0. The molecule has 3 nitrogen and oxygen atoms in total. The van der Waals surface area contributed by atoms with Crippen molar-refractivity contribution in [3.8, 4) is 11.5 Å². The fraction of sp³-hybridized carbons (Fsp3) is 0.333. The largest absolute Gasteiger partial charge is 0.508 e. The molecule has 0 heterocycles. The van der Waals surface area contributed by atoms with Gasteiger partial charge >= 0.3 is 0 Å². The van der Waals surface area contributed by atoms with E-state index < -0.39 is 0 Å². The van der Waals surface area contributed by atoms with Crippen molar-refractivity contribution >= 4 is 0 Å². The van der Waals surface area contributed by atoms with Crippen LogP contribution in [-0.2, 0) is 0 Å². The summed E-state index contributed by atoms with van der Waals surface area (Å²) in [5.41, 5.74) is 6.48. The standard InChI is InChI=1S/C9H13NO2/c1-6(10)8-5-7(11)3-4-9(8)12-2/h3-6,11H,10H2,1-2H3. The summed E-state index contributed by atoms with van der Waals surface area (Å²) in [6, 6.07) is 4.76. The Bertz CT molecular complexity index is 271. The summed E-state index contributed by atoms with van der Waals surface area (Å²) in [6.45, 7) is 1.84. The zero-order valence-electron chi connectivity index (χ0n) is 7.24. The number of rotatable bonds is 2. The number of hydrogen-bond acceptors (Lipinski definition) is 3. The molecule has 1 rings (SSSR count). The van der Waals surface area contributed by atoms with Gasteiger partial charge in [0.1, 0.15) is 11.5 Å². The zero-order chi connectivity index (χ0) is 9.14. The number of phenols is 1. The third-order valence-electron chi connectivity index (χ3n) is 1.70. The smallest absolute Gasteiger partial charge is 0.123 e. The Morgan fingerprint density at radius 2 is 2.17 bits per heavy atom. The number of aromatic hydroxyl groups is 1. The molecule has 0 aliphatic heterocycles. The lowest BCUT2D eigenvalue weighted by molar-refractivity contribution is 0.404. The Labute approximate surface area is 71.8 Å². The molecule has 0 fully saturated rings. The maximum Gasteiger partial charge on any atom is 0.123 e. The fourth-order valence-corrected chi connectivity index (χ4v) is 1.08. The molecule has 0 saturated heterocycles. The first-order valence-electron chi connectivity index (χ1n) is 3.77. The van der Waals surface area contributed by atoms with Gasteiger partial charge in [-0.3, -0.25) is 0 Å². The topological polar surface area (TPSA) is 55.5 Å². The minimum absolute atomic E-state index is 0.132. The van der Waals surface area contributed by atoms with Crippen molar-refractivity contribution in [1.82, 2.24) is 0 Å². The Hall–Kier alpha value is -1.22. The normalized spacial score (nSPS) is 12.6.